The Labute approximate surface area is 135 Å². The van der Waals surface area contributed by atoms with E-state index in [1.54, 1.807) is 24.3 Å². The van der Waals surface area contributed by atoms with Crippen molar-refractivity contribution in [2.24, 2.45) is 0 Å². The summed E-state index contributed by atoms with van der Waals surface area (Å²) in [5, 5.41) is 6.44. The van der Waals surface area contributed by atoms with Crippen LogP contribution in [0.4, 0.5) is 11.4 Å². The van der Waals surface area contributed by atoms with Crippen molar-refractivity contribution in [3.8, 4) is 5.75 Å². The number of carbonyl (C=O) groups excluding carboxylic acids is 1. The van der Waals surface area contributed by atoms with Crippen LogP contribution in [0, 0.1) is 0 Å². The Hall–Kier alpha value is -2.20. The molecular weight excluding hydrogens is 300 g/mol. The molecule has 0 fully saturated rings. The van der Waals surface area contributed by atoms with E-state index in [1.165, 1.54) is 0 Å². The first-order valence-corrected chi connectivity index (χ1v) is 7.47. The Morgan fingerprint density at radius 3 is 2.59 bits per heavy atom. The number of ether oxygens (including phenoxy) is 1. The number of amides is 1. The number of nitrogens with one attached hydrogen (secondary N) is 2. The molecule has 0 bridgehead atoms. The van der Waals surface area contributed by atoms with Gasteiger partial charge in [-0.05, 0) is 44.2 Å². The molecule has 0 atom stereocenters. The van der Waals surface area contributed by atoms with Crippen LogP contribution >= 0.6 is 11.6 Å². The van der Waals surface area contributed by atoms with Crippen molar-refractivity contribution in [3.63, 3.8) is 0 Å². The lowest BCUT2D eigenvalue weighted by Crippen LogP contribution is -2.21. The predicted octanol–water partition coefficient (Wildman–Crippen LogP) is 4.18. The minimum absolute atomic E-state index is 0.112. The molecular formula is C17H19ClN2O2. The van der Waals surface area contributed by atoms with Gasteiger partial charge in [0, 0.05) is 22.5 Å². The topological polar surface area (TPSA) is 50.4 Å². The standard InChI is InChI=1S/C17H19ClN2O2/c1-12(2)22-16-8-4-6-14(10-16)19-11-17(21)20-15-7-3-5-13(18)9-15/h3-10,12,19H,11H2,1-2H3,(H,20,21). The molecule has 0 aliphatic heterocycles. The molecule has 1 amide bonds. The molecule has 0 aromatic heterocycles. The summed E-state index contributed by atoms with van der Waals surface area (Å²) in [6.07, 6.45) is 0.112. The molecule has 116 valence electrons. The van der Waals surface area contributed by atoms with Gasteiger partial charge in [-0.1, -0.05) is 23.7 Å². The van der Waals surface area contributed by atoms with E-state index in [9.17, 15) is 4.79 Å². The minimum atomic E-state index is -0.141. The molecule has 4 nitrogen and oxygen atoms in total. The van der Waals surface area contributed by atoms with Crippen LogP contribution in [-0.4, -0.2) is 18.6 Å². The van der Waals surface area contributed by atoms with Crippen LogP contribution in [0.1, 0.15) is 13.8 Å². The molecule has 2 N–H and O–H groups in total. The highest BCUT2D eigenvalue weighted by Crippen LogP contribution is 2.18. The Morgan fingerprint density at radius 1 is 1.14 bits per heavy atom. The average Bonchev–Trinajstić information content (AvgIpc) is 2.45. The van der Waals surface area contributed by atoms with Gasteiger partial charge >= 0.3 is 0 Å². The molecule has 0 aliphatic rings. The highest BCUT2D eigenvalue weighted by Gasteiger charge is 2.04. The summed E-state index contributed by atoms with van der Waals surface area (Å²) in [4.78, 5) is 11.9. The Bertz CT molecular complexity index is 644. The third kappa shape index (κ3) is 5.30. The van der Waals surface area contributed by atoms with Gasteiger partial charge in [-0.15, -0.1) is 0 Å². The highest BCUT2D eigenvalue weighted by atomic mass is 35.5. The average molecular weight is 319 g/mol. The summed E-state index contributed by atoms with van der Waals surface area (Å²) < 4.78 is 5.62. The fourth-order valence-corrected chi connectivity index (χ4v) is 2.10. The molecule has 0 saturated carbocycles. The van der Waals surface area contributed by atoms with E-state index in [0.29, 0.717) is 10.7 Å². The normalized spacial score (nSPS) is 10.4. The third-order valence-corrected chi connectivity index (χ3v) is 3.00. The summed E-state index contributed by atoms with van der Waals surface area (Å²) in [5.41, 5.74) is 1.51. The van der Waals surface area contributed by atoms with Gasteiger partial charge in [0.25, 0.3) is 0 Å². The number of benzene rings is 2. The maximum atomic E-state index is 11.9. The molecule has 0 saturated heterocycles. The van der Waals surface area contributed by atoms with Crippen molar-refractivity contribution in [2.75, 3.05) is 17.2 Å². The second kappa shape index (κ2) is 7.71. The van der Waals surface area contributed by atoms with Crippen molar-refractivity contribution in [1.29, 1.82) is 0 Å². The first kappa shape index (κ1) is 16.2. The van der Waals surface area contributed by atoms with Gasteiger partial charge in [-0.2, -0.15) is 0 Å². The molecule has 2 aromatic carbocycles. The minimum Gasteiger partial charge on any atom is -0.491 e. The third-order valence-electron chi connectivity index (χ3n) is 2.77. The number of rotatable bonds is 6. The van der Waals surface area contributed by atoms with Gasteiger partial charge < -0.3 is 15.4 Å². The largest absolute Gasteiger partial charge is 0.491 e. The fraction of sp³-hybridized carbons (Fsp3) is 0.235. The van der Waals surface area contributed by atoms with Gasteiger partial charge in [0.15, 0.2) is 0 Å². The van der Waals surface area contributed by atoms with E-state index in [0.717, 1.165) is 11.4 Å². The summed E-state index contributed by atoms with van der Waals surface area (Å²) in [6.45, 7) is 4.11. The van der Waals surface area contributed by atoms with Crippen molar-refractivity contribution in [1.82, 2.24) is 0 Å². The smallest absolute Gasteiger partial charge is 0.243 e. The molecule has 22 heavy (non-hydrogen) atoms. The second-order valence-corrected chi connectivity index (χ2v) is 5.54. The lowest BCUT2D eigenvalue weighted by Gasteiger charge is -2.12. The summed E-state index contributed by atoms with van der Waals surface area (Å²) in [7, 11) is 0. The predicted molar refractivity (Wildman–Crippen MR) is 90.8 cm³/mol. The van der Waals surface area contributed by atoms with Crippen LogP contribution in [0.2, 0.25) is 5.02 Å². The van der Waals surface area contributed by atoms with Gasteiger partial charge in [-0.3, -0.25) is 4.79 Å². The molecule has 0 radical (unpaired) electrons. The summed E-state index contributed by atoms with van der Waals surface area (Å²) in [5.74, 6) is 0.632. The Balaban J connectivity index is 1.88. The molecule has 0 aliphatic carbocycles. The van der Waals surface area contributed by atoms with E-state index in [2.05, 4.69) is 10.6 Å². The monoisotopic (exact) mass is 318 g/mol. The van der Waals surface area contributed by atoms with Gasteiger partial charge in [-0.25, -0.2) is 0 Å². The van der Waals surface area contributed by atoms with E-state index in [1.807, 2.05) is 38.1 Å². The van der Waals surface area contributed by atoms with Crippen molar-refractivity contribution >= 4 is 28.9 Å². The second-order valence-electron chi connectivity index (χ2n) is 5.11. The van der Waals surface area contributed by atoms with E-state index in [4.69, 9.17) is 16.3 Å². The molecule has 0 spiro atoms. The maximum Gasteiger partial charge on any atom is 0.243 e. The van der Waals surface area contributed by atoms with Crippen LogP contribution in [0.5, 0.6) is 5.75 Å². The van der Waals surface area contributed by atoms with Gasteiger partial charge in [0.1, 0.15) is 5.75 Å². The molecule has 2 aromatic rings. The van der Waals surface area contributed by atoms with E-state index < -0.39 is 0 Å². The van der Waals surface area contributed by atoms with Crippen LogP contribution < -0.4 is 15.4 Å². The first-order chi connectivity index (χ1) is 10.5. The molecule has 0 heterocycles. The van der Waals surface area contributed by atoms with Crippen LogP contribution in [0.25, 0.3) is 0 Å². The number of carbonyl (C=O) groups is 1. The maximum absolute atomic E-state index is 11.9. The molecule has 2 rings (SSSR count). The lowest BCUT2D eigenvalue weighted by molar-refractivity contribution is -0.114. The van der Waals surface area contributed by atoms with Crippen molar-refractivity contribution in [2.45, 2.75) is 20.0 Å². The molecule has 0 unspecified atom stereocenters. The van der Waals surface area contributed by atoms with Crippen LogP contribution in [0.3, 0.4) is 0 Å². The molecule has 5 heteroatoms. The Kier molecular flexibility index (Phi) is 5.67. The zero-order chi connectivity index (χ0) is 15.9. The zero-order valence-corrected chi connectivity index (χ0v) is 13.4. The SMILES string of the molecule is CC(C)Oc1cccc(NCC(=O)Nc2cccc(Cl)c2)c1. The van der Waals surface area contributed by atoms with Gasteiger partial charge in [0.05, 0.1) is 12.6 Å². The van der Waals surface area contributed by atoms with Crippen molar-refractivity contribution < 1.29 is 9.53 Å². The summed E-state index contributed by atoms with van der Waals surface area (Å²) >= 11 is 5.88. The highest BCUT2D eigenvalue weighted by molar-refractivity contribution is 6.30. The lowest BCUT2D eigenvalue weighted by atomic mass is 10.3. The summed E-state index contributed by atoms with van der Waals surface area (Å²) in [6, 6.07) is 14.6. The van der Waals surface area contributed by atoms with Gasteiger partial charge in [0.2, 0.25) is 5.91 Å². The number of hydrogen-bond donors (Lipinski definition) is 2. The fourth-order valence-electron chi connectivity index (χ4n) is 1.91. The first-order valence-electron chi connectivity index (χ1n) is 7.09. The number of hydrogen-bond acceptors (Lipinski definition) is 3. The van der Waals surface area contributed by atoms with E-state index >= 15 is 0 Å². The quantitative estimate of drug-likeness (QED) is 0.840. The van der Waals surface area contributed by atoms with Crippen molar-refractivity contribution in [3.05, 3.63) is 53.6 Å². The Morgan fingerprint density at radius 2 is 1.86 bits per heavy atom. The van der Waals surface area contributed by atoms with E-state index in [-0.39, 0.29) is 18.6 Å². The number of anilines is 2. The zero-order valence-electron chi connectivity index (χ0n) is 12.6. The number of halogens is 1. The van der Waals surface area contributed by atoms with Crippen LogP contribution in [0.15, 0.2) is 48.5 Å². The van der Waals surface area contributed by atoms with Crippen LogP contribution in [-0.2, 0) is 4.79 Å².